The highest BCUT2D eigenvalue weighted by Crippen LogP contribution is 2.34. The molecule has 27 heavy (non-hydrogen) atoms. The lowest BCUT2D eigenvalue weighted by molar-refractivity contribution is 0.103. The van der Waals surface area contributed by atoms with Crippen LogP contribution < -0.4 is 5.84 Å². The van der Waals surface area contributed by atoms with Crippen LogP contribution in [0.25, 0.3) is 10.9 Å². The van der Waals surface area contributed by atoms with E-state index in [9.17, 15) is 9.18 Å². The van der Waals surface area contributed by atoms with E-state index >= 15 is 0 Å². The number of likely N-dealkylation sites (tertiary alicyclic amines) is 1. The summed E-state index contributed by atoms with van der Waals surface area (Å²) < 4.78 is 14.9. The number of hydrogen-bond acceptors (Lipinski definition) is 3. The van der Waals surface area contributed by atoms with Gasteiger partial charge in [0.05, 0.1) is 10.5 Å². The molecule has 4 nitrogen and oxygen atoms in total. The predicted molar refractivity (Wildman–Crippen MR) is 106 cm³/mol. The molecule has 0 radical (unpaired) electrons. The summed E-state index contributed by atoms with van der Waals surface area (Å²) in [7, 11) is 2.13. The second kappa shape index (κ2) is 6.98. The molecule has 1 aromatic heterocycles. The first-order valence-corrected chi connectivity index (χ1v) is 9.40. The summed E-state index contributed by atoms with van der Waals surface area (Å²) in [6.07, 6.45) is 4.11. The number of rotatable bonds is 3. The zero-order valence-corrected chi connectivity index (χ0v) is 15.8. The van der Waals surface area contributed by atoms with Crippen LogP contribution in [-0.4, -0.2) is 35.5 Å². The Hall–Kier alpha value is -2.37. The van der Waals surface area contributed by atoms with Crippen LogP contribution in [0.3, 0.4) is 0 Å². The van der Waals surface area contributed by atoms with Gasteiger partial charge >= 0.3 is 0 Å². The van der Waals surface area contributed by atoms with Crippen LogP contribution in [0, 0.1) is 5.82 Å². The number of nitrogens with zero attached hydrogens (tertiary/aromatic N) is 2. The van der Waals surface area contributed by atoms with Gasteiger partial charge in [-0.15, -0.1) is 0 Å². The van der Waals surface area contributed by atoms with E-state index in [1.54, 1.807) is 10.7 Å². The van der Waals surface area contributed by atoms with Gasteiger partial charge in [-0.3, -0.25) is 9.47 Å². The Morgan fingerprint density at radius 3 is 2.63 bits per heavy atom. The Labute approximate surface area is 162 Å². The van der Waals surface area contributed by atoms with Crippen molar-refractivity contribution in [2.45, 2.75) is 18.8 Å². The Kier molecular flexibility index (Phi) is 4.66. The van der Waals surface area contributed by atoms with Gasteiger partial charge in [-0.25, -0.2) is 4.39 Å². The molecule has 1 aliphatic rings. The average molecular weight is 386 g/mol. The first-order chi connectivity index (χ1) is 12.9. The maximum absolute atomic E-state index is 13.3. The number of halogens is 2. The average Bonchev–Trinajstić information content (AvgIpc) is 2.98. The van der Waals surface area contributed by atoms with Crippen LogP contribution in [0.1, 0.15) is 40.2 Å². The van der Waals surface area contributed by atoms with Crippen molar-refractivity contribution in [1.82, 2.24) is 9.58 Å². The maximum Gasteiger partial charge on any atom is 0.194 e. The van der Waals surface area contributed by atoms with Crippen LogP contribution in [-0.2, 0) is 0 Å². The van der Waals surface area contributed by atoms with Crippen molar-refractivity contribution in [3.8, 4) is 0 Å². The second-order valence-corrected chi connectivity index (χ2v) is 7.66. The van der Waals surface area contributed by atoms with Crippen LogP contribution in [0.15, 0.2) is 42.6 Å². The molecular weight excluding hydrogens is 365 g/mol. The predicted octanol–water partition coefficient (Wildman–Crippen LogP) is 4.19. The summed E-state index contributed by atoms with van der Waals surface area (Å²) in [5.74, 6) is 5.89. The summed E-state index contributed by atoms with van der Waals surface area (Å²) in [5.41, 5.74) is 2.90. The van der Waals surface area contributed by atoms with Crippen molar-refractivity contribution in [2.75, 3.05) is 26.0 Å². The van der Waals surface area contributed by atoms with Crippen molar-refractivity contribution in [3.63, 3.8) is 0 Å². The van der Waals surface area contributed by atoms with Crippen molar-refractivity contribution in [2.24, 2.45) is 0 Å². The molecule has 0 saturated carbocycles. The number of benzene rings is 2. The number of hydrogen-bond donors (Lipinski definition) is 1. The zero-order chi connectivity index (χ0) is 19.1. The highest BCUT2D eigenvalue weighted by atomic mass is 35.5. The van der Waals surface area contributed by atoms with Crippen LogP contribution in [0.4, 0.5) is 4.39 Å². The molecule has 1 saturated heterocycles. The molecule has 1 aliphatic heterocycles. The highest BCUT2D eigenvalue weighted by molar-refractivity contribution is 6.35. The summed E-state index contributed by atoms with van der Waals surface area (Å²) in [4.78, 5) is 15.2. The number of fused-ring (bicyclic) bond motifs is 1. The monoisotopic (exact) mass is 385 g/mol. The lowest BCUT2D eigenvalue weighted by Crippen LogP contribution is -2.29. The first-order valence-electron chi connectivity index (χ1n) is 9.02. The largest absolute Gasteiger partial charge is 0.339 e. The minimum atomic E-state index is -0.461. The summed E-state index contributed by atoms with van der Waals surface area (Å²) >= 11 is 6.07. The fourth-order valence-electron chi connectivity index (χ4n) is 3.90. The van der Waals surface area contributed by atoms with Crippen molar-refractivity contribution < 1.29 is 9.18 Å². The summed E-state index contributed by atoms with van der Waals surface area (Å²) in [5, 5.41) is 1.11. The molecule has 2 N–H and O–H groups in total. The molecule has 0 atom stereocenters. The Morgan fingerprint density at radius 2 is 1.93 bits per heavy atom. The normalized spacial score (nSPS) is 16.1. The SMILES string of the molecule is CN1CCC(c2cn(N)c3ccc(C(=O)c4ccc(F)cc4Cl)cc23)CC1. The fourth-order valence-corrected chi connectivity index (χ4v) is 4.15. The van der Waals surface area contributed by atoms with Gasteiger partial charge in [0.2, 0.25) is 0 Å². The number of aromatic nitrogens is 1. The molecule has 0 spiro atoms. The molecule has 2 aromatic carbocycles. The number of nitrogens with two attached hydrogens (primary N) is 1. The topological polar surface area (TPSA) is 51.3 Å². The lowest BCUT2D eigenvalue weighted by atomic mass is 9.88. The van der Waals surface area contributed by atoms with Gasteiger partial charge < -0.3 is 10.7 Å². The van der Waals surface area contributed by atoms with Crippen LogP contribution >= 0.6 is 11.6 Å². The van der Waals surface area contributed by atoms with Gasteiger partial charge in [0, 0.05) is 22.7 Å². The van der Waals surface area contributed by atoms with Gasteiger partial charge in [0.15, 0.2) is 5.78 Å². The maximum atomic E-state index is 13.3. The molecular formula is C21H21ClFN3O. The zero-order valence-electron chi connectivity index (χ0n) is 15.1. The van der Waals surface area contributed by atoms with Gasteiger partial charge in [-0.1, -0.05) is 11.6 Å². The molecule has 0 unspecified atom stereocenters. The number of carbonyl (C=O) groups excluding carboxylic acids is 1. The van der Waals surface area contributed by atoms with E-state index in [1.165, 1.54) is 17.7 Å². The van der Waals surface area contributed by atoms with E-state index < -0.39 is 5.82 Å². The molecule has 2 heterocycles. The van der Waals surface area contributed by atoms with Crippen molar-refractivity contribution in [1.29, 1.82) is 0 Å². The third-order valence-electron chi connectivity index (χ3n) is 5.46. The van der Waals surface area contributed by atoms with E-state index in [-0.39, 0.29) is 10.8 Å². The Morgan fingerprint density at radius 1 is 1.19 bits per heavy atom. The Balaban J connectivity index is 1.75. The van der Waals surface area contributed by atoms with E-state index in [1.807, 2.05) is 18.3 Å². The van der Waals surface area contributed by atoms with E-state index in [0.29, 0.717) is 17.0 Å². The quantitative estimate of drug-likeness (QED) is 0.543. The van der Waals surface area contributed by atoms with Crippen molar-refractivity contribution >= 4 is 28.3 Å². The molecule has 1 fully saturated rings. The molecule has 140 valence electrons. The standard InChI is InChI=1S/C21H21ClFN3O/c1-25-8-6-13(7-9-25)18-12-26(24)20-5-2-14(10-17(18)20)21(27)16-4-3-15(23)11-19(16)22/h2-5,10-13H,6-9,24H2,1H3. The van der Waals surface area contributed by atoms with Gasteiger partial charge in [-0.05, 0) is 80.9 Å². The third kappa shape index (κ3) is 3.33. The van der Waals surface area contributed by atoms with E-state index in [4.69, 9.17) is 17.4 Å². The number of carbonyl (C=O) groups is 1. The molecule has 4 rings (SSSR count). The minimum absolute atomic E-state index is 0.118. The van der Waals surface area contributed by atoms with Crippen LogP contribution in [0.2, 0.25) is 5.02 Å². The lowest BCUT2D eigenvalue weighted by Gasteiger charge is -2.28. The fraction of sp³-hybridized carbons (Fsp3) is 0.286. The molecule has 0 amide bonds. The Bertz CT molecular complexity index is 1020. The minimum Gasteiger partial charge on any atom is -0.339 e. The summed E-state index contributed by atoms with van der Waals surface area (Å²) in [6.45, 7) is 2.09. The smallest absolute Gasteiger partial charge is 0.194 e. The molecule has 0 aliphatic carbocycles. The van der Waals surface area contributed by atoms with Gasteiger partial charge in [-0.2, -0.15) is 0 Å². The van der Waals surface area contributed by atoms with E-state index in [0.717, 1.165) is 42.9 Å². The van der Waals surface area contributed by atoms with Crippen molar-refractivity contribution in [3.05, 3.63) is 70.1 Å². The van der Waals surface area contributed by atoms with Gasteiger partial charge in [0.1, 0.15) is 5.82 Å². The number of nitrogen functional groups attached to an aromatic ring is 1. The van der Waals surface area contributed by atoms with Crippen LogP contribution in [0.5, 0.6) is 0 Å². The molecule has 0 bridgehead atoms. The second-order valence-electron chi connectivity index (χ2n) is 7.25. The number of ketones is 1. The third-order valence-corrected chi connectivity index (χ3v) is 5.77. The first kappa shape index (κ1) is 18.0. The molecule has 3 aromatic rings. The van der Waals surface area contributed by atoms with E-state index in [2.05, 4.69) is 11.9 Å². The summed E-state index contributed by atoms with van der Waals surface area (Å²) in [6, 6.07) is 9.32. The van der Waals surface area contributed by atoms with Gasteiger partial charge in [0.25, 0.3) is 0 Å². The highest BCUT2D eigenvalue weighted by Gasteiger charge is 2.23. The number of piperidine rings is 1. The molecule has 6 heteroatoms.